The molecule has 5 nitrogen and oxygen atoms in total. The van der Waals surface area contributed by atoms with Gasteiger partial charge in [-0.1, -0.05) is 0 Å². The average molecular weight is 327 g/mol. The van der Waals surface area contributed by atoms with Crippen LogP contribution in [0.1, 0.15) is 29.9 Å². The Morgan fingerprint density at radius 1 is 1.29 bits per heavy atom. The van der Waals surface area contributed by atoms with Crippen molar-refractivity contribution in [3.63, 3.8) is 0 Å². The molecule has 0 radical (unpaired) electrons. The van der Waals surface area contributed by atoms with Crippen LogP contribution in [0.3, 0.4) is 0 Å². The van der Waals surface area contributed by atoms with Gasteiger partial charge in [0.15, 0.2) is 11.5 Å². The molecule has 126 valence electrons. The van der Waals surface area contributed by atoms with E-state index in [4.69, 9.17) is 13.9 Å². The van der Waals surface area contributed by atoms with Crippen LogP contribution < -0.4 is 9.47 Å². The Bertz CT molecular complexity index is 749. The zero-order valence-corrected chi connectivity index (χ0v) is 14.1. The van der Waals surface area contributed by atoms with Gasteiger partial charge in [0.05, 0.1) is 26.5 Å². The second-order valence-electron chi connectivity index (χ2n) is 5.71. The maximum Gasteiger partial charge on any atom is 0.247 e. The number of fused-ring (bicyclic) bond motifs is 1. The Morgan fingerprint density at radius 3 is 2.71 bits per heavy atom. The molecule has 0 spiro atoms. The first kappa shape index (κ1) is 16.2. The van der Waals surface area contributed by atoms with Gasteiger partial charge in [-0.05, 0) is 54.8 Å². The van der Waals surface area contributed by atoms with Gasteiger partial charge in [-0.3, -0.25) is 4.79 Å². The molecule has 1 aliphatic heterocycles. The van der Waals surface area contributed by atoms with E-state index in [1.165, 1.54) is 5.56 Å². The third-order valence-corrected chi connectivity index (χ3v) is 4.40. The van der Waals surface area contributed by atoms with E-state index in [0.717, 1.165) is 17.7 Å². The molecule has 0 N–H and O–H groups in total. The average Bonchev–Trinajstić information content (AvgIpc) is 3.12. The van der Waals surface area contributed by atoms with Gasteiger partial charge in [0.2, 0.25) is 5.91 Å². The van der Waals surface area contributed by atoms with Crippen molar-refractivity contribution in [1.82, 2.24) is 4.90 Å². The molecule has 0 saturated carbocycles. The van der Waals surface area contributed by atoms with E-state index in [1.807, 2.05) is 30.0 Å². The van der Waals surface area contributed by atoms with Crippen LogP contribution >= 0.6 is 0 Å². The summed E-state index contributed by atoms with van der Waals surface area (Å²) in [4.78, 5) is 14.4. The van der Waals surface area contributed by atoms with Crippen molar-refractivity contribution in [1.29, 1.82) is 0 Å². The second kappa shape index (κ2) is 6.83. The van der Waals surface area contributed by atoms with Crippen molar-refractivity contribution in [2.75, 3.05) is 20.8 Å². The first-order chi connectivity index (χ1) is 11.6. The first-order valence-corrected chi connectivity index (χ1v) is 7.91. The summed E-state index contributed by atoms with van der Waals surface area (Å²) >= 11 is 0. The van der Waals surface area contributed by atoms with Crippen LogP contribution in [-0.4, -0.2) is 31.6 Å². The van der Waals surface area contributed by atoms with Crippen molar-refractivity contribution < 1.29 is 18.7 Å². The highest BCUT2D eigenvalue weighted by Gasteiger charge is 2.28. The first-order valence-electron chi connectivity index (χ1n) is 7.91. The van der Waals surface area contributed by atoms with E-state index in [1.54, 1.807) is 38.7 Å². The van der Waals surface area contributed by atoms with E-state index in [0.29, 0.717) is 18.1 Å². The molecule has 0 saturated heterocycles. The number of carbonyl (C=O) groups is 1. The standard InChI is InChI=1S/C19H21NO4/c1-13-16-12-18(23-3)17(22-2)11-14(16)8-9-20(13)19(21)7-6-15-5-4-10-24-15/h4-7,10-13H,8-9H2,1-3H3. The van der Waals surface area contributed by atoms with Gasteiger partial charge in [-0.25, -0.2) is 0 Å². The molecule has 3 rings (SSSR count). The lowest BCUT2D eigenvalue weighted by atomic mass is 9.92. The van der Waals surface area contributed by atoms with Gasteiger partial charge in [0.25, 0.3) is 0 Å². The normalized spacial score (nSPS) is 17.0. The molecular formula is C19H21NO4. The molecule has 0 aliphatic carbocycles. The lowest BCUT2D eigenvalue weighted by Gasteiger charge is -2.35. The van der Waals surface area contributed by atoms with E-state index >= 15 is 0 Å². The fourth-order valence-corrected chi connectivity index (χ4v) is 3.08. The summed E-state index contributed by atoms with van der Waals surface area (Å²) in [6, 6.07) is 7.56. The minimum absolute atomic E-state index is 0.0256. The van der Waals surface area contributed by atoms with Crippen molar-refractivity contribution in [3.05, 3.63) is 53.5 Å². The van der Waals surface area contributed by atoms with Gasteiger partial charge in [0.1, 0.15) is 5.76 Å². The molecule has 0 bridgehead atoms. The van der Waals surface area contributed by atoms with Crippen molar-refractivity contribution >= 4 is 12.0 Å². The maximum absolute atomic E-state index is 12.5. The smallest absolute Gasteiger partial charge is 0.247 e. The highest BCUT2D eigenvalue weighted by atomic mass is 16.5. The summed E-state index contributed by atoms with van der Waals surface area (Å²) in [6.45, 7) is 2.70. The number of ether oxygens (including phenoxy) is 2. The number of methoxy groups -OCH3 is 2. The highest BCUT2D eigenvalue weighted by molar-refractivity contribution is 5.92. The molecule has 1 aromatic heterocycles. The number of hydrogen-bond acceptors (Lipinski definition) is 4. The zero-order chi connectivity index (χ0) is 17.1. The van der Waals surface area contributed by atoms with Crippen LogP contribution in [0.25, 0.3) is 6.08 Å². The third-order valence-electron chi connectivity index (χ3n) is 4.40. The van der Waals surface area contributed by atoms with Gasteiger partial charge in [0, 0.05) is 12.6 Å². The minimum Gasteiger partial charge on any atom is -0.493 e. The van der Waals surface area contributed by atoms with Crippen molar-refractivity contribution in [3.8, 4) is 11.5 Å². The van der Waals surface area contributed by atoms with Crippen LogP contribution in [-0.2, 0) is 11.2 Å². The van der Waals surface area contributed by atoms with Gasteiger partial charge in [-0.2, -0.15) is 0 Å². The number of carbonyl (C=O) groups excluding carboxylic acids is 1. The predicted octanol–water partition coefficient (Wildman–Crippen LogP) is 3.46. The van der Waals surface area contributed by atoms with E-state index < -0.39 is 0 Å². The second-order valence-corrected chi connectivity index (χ2v) is 5.71. The van der Waals surface area contributed by atoms with Crippen molar-refractivity contribution in [2.45, 2.75) is 19.4 Å². The largest absolute Gasteiger partial charge is 0.493 e. The topological polar surface area (TPSA) is 51.9 Å². The number of rotatable bonds is 4. The zero-order valence-electron chi connectivity index (χ0n) is 14.1. The molecule has 5 heteroatoms. The predicted molar refractivity (Wildman–Crippen MR) is 91.1 cm³/mol. The Labute approximate surface area is 141 Å². The quantitative estimate of drug-likeness (QED) is 0.807. The molecule has 1 amide bonds. The molecule has 1 aliphatic rings. The monoisotopic (exact) mass is 327 g/mol. The fourth-order valence-electron chi connectivity index (χ4n) is 3.08. The summed E-state index contributed by atoms with van der Waals surface area (Å²) in [6.07, 6.45) is 5.63. The van der Waals surface area contributed by atoms with Gasteiger partial charge >= 0.3 is 0 Å². The third kappa shape index (κ3) is 3.02. The van der Waals surface area contributed by atoms with E-state index in [2.05, 4.69) is 0 Å². The molecule has 2 aromatic rings. The molecular weight excluding hydrogens is 306 g/mol. The van der Waals surface area contributed by atoms with Crippen molar-refractivity contribution in [2.24, 2.45) is 0 Å². The summed E-state index contributed by atoms with van der Waals surface area (Å²) in [5.74, 6) is 2.05. The number of amides is 1. The van der Waals surface area contributed by atoms with Crippen LogP contribution in [0, 0.1) is 0 Å². The van der Waals surface area contributed by atoms with Crippen LogP contribution in [0.2, 0.25) is 0 Å². The summed E-state index contributed by atoms with van der Waals surface area (Å²) in [5, 5.41) is 0. The highest BCUT2D eigenvalue weighted by Crippen LogP contribution is 2.37. The molecule has 2 heterocycles. The number of furan rings is 1. The van der Waals surface area contributed by atoms with E-state index in [-0.39, 0.29) is 11.9 Å². The van der Waals surface area contributed by atoms with Crippen LogP contribution in [0.5, 0.6) is 11.5 Å². The number of benzene rings is 1. The fraction of sp³-hybridized carbons (Fsp3) is 0.316. The van der Waals surface area contributed by atoms with Gasteiger partial charge in [-0.15, -0.1) is 0 Å². The Hall–Kier alpha value is -2.69. The minimum atomic E-state index is -0.0284. The Balaban J connectivity index is 1.83. The molecule has 1 aromatic carbocycles. The van der Waals surface area contributed by atoms with E-state index in [9.17, 15) is 4.79 Å². The molecule has 0 fully saturated rings. The van der Waals surface area contributed by atoms with Gasteiger partial charge < -0.3 is 18.8 Å². The van der Waals surface area contributed by atoms with Crippen LogP contribution in [0.4, 0.5) is 0 Å². The summed E-state index contributed by atoms with van der Waals surface area (Å²) in [5.41, 5.74) is 2.29. The lowest BCUT2D eigenvalue weighted by molar-refractivity contribution is -0.128. The Kier molecular flexibility index (Phi) is 4.60. The lowest BCUT2D eigenvalue weighted by Crippen LogP contribution is -2.37. The summed E-state index contributed by atoms with van der Waals surface area (Å²) < 4.78 is 16.0. The Morgan fingerprint density at radius 2 is 2.04 bits per heavy atom. The summed E-state index contributed by atoms with van der Waals surface area (Å²) in [7, 11) is 3.25. The maximum atomic E-state index is 12.5. The van der Waals surface area contributed by atoms with Crippen LogP contribution in [0.15, 0.2) is 41.0 Å². The number of hydrogen-bond donors (Lipinski definition) is 0. The molecule has 24 heavy (non-hydrogen) atoms. The molecule has 1 unspecified atom stereocenters. The number of nitrogens with zero attached hydrogens (tertiary/aromatic N) is 1. The molecule has 1 atom stereocenters. The SMILES string of the molecule is COc1cc2c(cc1OC)C(C)N(C(=O)C=Cc1ccco1)CC2.